The lowest BCUT2D eigenvalue weighted by atomic mass is 9.41. The Balaban J connectivity index is 0.000000178. The van der Waals surface area contributed by atoms with Gasteiger partial charge in [-0.1, -0.05) is 74.7 Å². The van der Waals surface area contributed by atoms with E-state index >= 15 is 0 Å². The molecule has 9 nitrogen and oxygen atoms in total. The number of ether oxygens (including phenoxy) is 4. The third-order valence-electron chi connectivity index (χ3n) is 22.5. The molecule has 1 aliphatic heterocycles. The molecule has 1 heterocycles. The molecule has 8 aliphatic carbocycles. The maximum Gasteiger partial charge on any atom is 0.305 e. The van der Waals surface area contributed by atoms with E-state index in [2.05, 4.69) is 81.1 Å². The molecule has 7 saturated carbocycles. The van der Waals surface area contributed by atoms with Crippen molar-refractivity contribution in [2.75, 3.05) is 7.11 Å². The fraction of sp³-hybridized carbons (Fsp3) is 0.934. The van der Waals surface area contributed by atoms with E-state index in [0.717, 1.165) is 55.3 Å². The summed E-state index contributed by atoms with van der Waals surface area (Å²) in [7, 11) is -0.165. The van der Waals surface area contributed by atoms with Crippen LogP contribution in [0.3, 0.4) is 0 Å². The monoisotopic (exact) mass is 1010 g/mol. The van der Waals surface area contributed by atoms with Gasteiger partial charge in [0.15, 0.2) is 18.9 Å². The standard InChI is InChI=1S/C29H50O3Si.C26H44O3.C6H12O3/c1-19-13-15-28(3)21(17-19)18-25(32-33(6,7)8)27-23-11-10-22(20(2)9-12-26(30)31-5)29(23,4)16-14-24(27)28;1-6-7-15(2)18-8-9-19-23-20(11-13-25(18,19)4)26(5)12-10-17(28)14-21(26)22(16(3)27)24(23)29;1-4-7-5(2)9-6(3)8-4/h18-24,27H,9-17H2,1-8H3;15-23,27-28H,6-14H2,1-5H3;4-6H,1-3H3/t19-,20-,21?,22-,23?,24?,27?,28+,29-;15-,16?,17-,18-,19?,20?,21+,22?,23?,25-,26-;/m11./s1. The van der Waals surface area contributed by atoms with Gasteiger partial charge >= 0.3 is 5.97 Å². The van der Waals surface area contributed by atoms with Crippen LogP contribution in [0.4, 0.5) is 0 Å². The molecular weight excluding hydrogens is 905 g/mol. The van der Waals surface area contributed by atoms with Gasteiger partial charge in [0.05, 0.1) is 25.1 Å². The SMILES string of the molecule is CC1OC(C)OC(C)O1.CCC[C@@H](C)[C@H]1CCC2C3C(=O)C(C(C)O)[C@@H]4C[C@H](O)CC[C@]4(C)C3CC[C@@]21C.COC(=O)CC[C@@H](C)[C@H]1CCC2C3C(O[Si](C)(C)C)=CC4C[C@H](C)CC[C@]4(C)C3CC[C@@]21C. The Bertz CT molecular complexity index is 1820. The molecule has 20 atom stereocenters. The maximum atomic E-state index is 14.0. The van der Waals surface area contributed by atoms with Crippen LogP contribution in [-0.2, 0) is 33.0 Å². The van der Waals surface area contributed by atoms with E-state index in [1.54, 1.807) is 0 Å². The van der Waals surface area contributed by atoms with Gasteiger partial charge in [-0.05, 0) is 230 Å². The molecule has 8 fully saturated rings. The number of aliphatic hydroxyl groups excluding tert-OH is 2. The van der Waals surface area contributed by atoms with Gasteiger partial charge in [0.25, 0.3) is 0 Å². The molecule has 408 valence electrons. The number of hydrogen-bond donors (Lipinski definition) is 2. The molecule has 71 heavy (non-hydrogen) atoms. The van der Waals surface area contributed by atoms with Gasteiger partial charge in [-0.15, -0.1) is 0 Å². The van der Waals surface area contributed by atoms with Crippen molar-refractivity contribution in [3.05, 3.63) is 11.8 Å². The van der Waals surface area contributed by atoms with Gasteiger partial charge in [0.1, 0.15) is 5.78 Å². The average Bonchev–Trinajstić information content (AvgIpc) is 3.83. The molecule has 9 rings (SSSR count). The Hall–Kier alpha value is -1.30. The highest BCUT2D eigenvalue weighted by Crippen LogP contribution is 2.71. The van der Waals surface area contributed by atoms with Crippen LogP contribution in [0.2, 0.25) is 19.6 Å². The van der Waals surface area contributed by atoms with Crippen molar-refractivity contribution in [1.29, 1.82) is 0 Å². The number of allylic oxidation sites excluding steroid dienone is 2. The number of Topliss-reactive ketones (excluding diaryl/α,β-unsaturated/α-hetero) is 1. The summed E-state index contributed by atoms with van der Waals surface area (Å²) < 4.78 is 27.2. The Labute approximate surface area is 434 Å². The van der Waals surface area contributed by atoms with Gasteiger partial charge in [-0.2, -0.15) is 0 Å². The smallest absolute Gasteiger partial charge is 0.305 e. The summed E-state index contributed by atoms with van der Waals surface area (Å²) in [6.45, 7) is 34.2. The number of rotatable bonds is 10. The summed E-state index contributed by atoms with van der Waals surface area (Å²) >= 11 is 0. The van der Waals surface area contributed by atoms with Crippen molar-refractivity contribution < 1.29 is 43.2 Å². The van der Waals surface area contributed by atoms with Crippen LogP contribution >= 0.6 is 0 Å². The number of esters is 1. The number of carbonyl (C=O) groups excluding carboxylic acids is 2. The van der Waals surface area contributed by atoms with Crippen LogP contribution in [0.5, 0.6) is 0 Å². The van der Waals surface area contributed by atoms with Crippen molar-refractivity contribution in [2.45, 2.75) is 249 Å². The van der Waals surface area contributed by atoms with E-state index in [-0.39, 0.29) is 59.5 Å². The molecule has 10 heteroatoms. The molecule has 0 aromatic rings. The highest BCUT2D eigenvalue weighted by Gasteiger charge is 2.66. The van der Waals surface area contributed by atoms with Crippen molar-refractivity contribution >= 4 is 20.1 Å². The summed E-state index contributed by atoms with van der Waals surface area (Å²) in [4.78, 5) is 25.8. The first-order valence-corrected chi connectivity index (χ1v) is 33.0. The van der Waals surface area contributed by atoms with Gasteiger partial charge in [0.2, 0.25) is 8.32 Å². The molecule has 2 N–H and O–H groups in total. The van der Waals surface area contributed by atoms with Crippen molar-refractivity contribution in [3.63, 3.8) is 0 Å². The fourth-order valence-electron chi connectivity index (χ4n) is 19.1. The van der Waals surface area contributed by atoms with Gasteiger partial charge in [-0.3, -0.25) is 9.59 Å². The summed E-state index contributed by atoms with van der Waals surface area (Å²) in [6, 6.07) is 0. The zero-order valence-electron chi connectivity index (χ0n) is 48.0. The highest BCUT2D eigenvalue weighted by atomic mass is 28.4. The third-order valence-corrected chi connectivity index (χ3v) is 23.3. The first-order chi connectivity index (χ1) is 33.2. The molecule has 9 aliphatic rings. The molecule has 0 bridgehead atoms. The summed E-state index contributed by atoms with van der Waals surface area (Å²) in [5.41, 5.74) is 1.18. The Morgan fingerprint density at radius 3 is 1.70 bits per heavy atom. The molecule has 0 spiro atoms. The van der Waals surface area contributed by atoms with E-state index in [1.807, 2.05) is 27.7 Å². The van der Waals surface area contributed by atoms with Gasteiger partial charge < -0.3 is 33.6 Å². The molecule has 9 unspecified atom stereocenters. The summed E-state index contributed by atoms with van der Waals surface area (Å²) in [6.07, 6.45) is 22.3. The van der Waals surface area contributed by atoms with Crippen molar-refractivity contribution in [1.82, 2.24) is 0 Å². The number of carbonyl (C=O) groups is 2. The van der Waals surface area contributed by atoms with Gasteiger partial charge in [-0.25, -0.2) is 0 Å². The first-order valence-electron chi connectivity index (χ1n) is 29.6. The Kier molecular flexibility index (Phi) is 18.1. The molecule has 1 saturated heterocycles. The topological polar surface area (TPSA) is 121 Å². The highest BCUT2D eigenvalue weighted by molar-refractivity contribution is 6.70. The van der Waals surface area contributed by atoms with Crippen LogP contribution < -0.4 is 0 Å². The van der Waals surface area contributed by atoms with Crippen molar-refractivity contribution in [3.8, 4) is 0 Å². The second-order valence-electron chi connectivity index (χ2n) is 27.9. The lowest BCUT2D eigenvalue weighted by molar-refractivity contribution is -0.367. The number of aliphatic hydroxyl groups is 2. The largest absolute Gasteiger partial charge is 0.547 e. The zero-order valence-corrected chi connectivity index (χ0v) is 49.0. The van der Waals surface area contributed by atoms with E-state index in [9.17, 15) is 19.8 Å². The minimum atomic E-state index is -1.68. The summed E-state index contributed by atoms with van der Waals surface area (Å²) in [5.74, 6) is 8.99. The van der Waals surface area contributed by atoms with Crippen LogP contribution in [0.25, 0.3) is 0 Å². The lowest BCUT2D eigenvalue weighted by Gasteiger charge is -2.62. The number of ketones is 1. The Morgan fingerprint density at radius 2 is 1.18 bits per heavy atom. The van der Waals surface area contributed by atoms with Crippen LogP contribution in [-0.4, -0.2) is 68.5 Å². The second-order valence-corrected chi connectivity index (χ2v) is 32.3. The third kappa shape index (κ3) is 11.4. The van der Waals surface area contributed by atoms with E-state index in [0.29, 0.717) is 65.0 Å². The fourth-order valence-corrected chi connectivity index (χ4v) is 20.0. The predicted molar refractivity (Wildman–Crippen MR) is 286 cm³/mol. The van der Waals surface area contributed by atoms with E-state index < -0.39 is 14.4 Å². The zero-order chi connectivity index (χ0) is 52.2. The van der Waals surface area contributed by atoms with Crippen molar-refractivity contribution in [2.24, 2.45) is 105 Å². The van der Waals surface area contributed by atoms with Crippen LogP contribution in [0.1, 0.15) is 199 Å². The quantitative estimate of drug-likeness (QED) is 0.163. The molecule has 0 aromatic heterocycles. The maximum absolute atomic E-state index is 14.0. The number of hydrogen-bond acceptors (Lipinski definition) is 9. The minimum Gasteiger partial charge on any atom is -0.547 e. The molecule has 0 aromatic carbocycles. The first kappa shape index (κ1) is 57.4. The van der Waals surface area contributed by atoms with Crippen LogP contribution in [0.15, 0.2) is 11.8 Å². The second kappa shape index (κ2) is 22.3. The summed E-state index contributed by atoms with van der Waals surface area (Å²) in [5, 5.41) is 21.1. The van der Waals surface area contributed by atoms with E-state index in [4.69, 9.17) is 23.4 Å². The van der Waals surface area contributed by atoms with Crippen LogP contribution in [0, 0.1) is 105 Å². The van der Waals surface area contributed by atoms with E-state index in [1.165, 1.54) is 89.9 Å². The molecular formula is C61H106O9Si. The molecule has 0 amide bonds. The lowest BCUT2D eigenvalue weighted by Crippen LogP contribution is -2.62. The normalized spacial score (nSPS) is 47.1. The average molecular weight is 1010 g/mol. The number of fused-ring (bicyclic) bond motifs is 10. The predicted octanol–water partition coefficient (Wildman–Crippen LogP) is 14.1. The Morgan fingerprint density at radius 1 is 0.690 bits per heavy atom. The molecule has 0 radical (unpaired) electrons. The number of methoxy groups -OCH3 is 1. The van der Waals surface area contributed by atoms with Gasteiger partial charge in [0, 0.05) is 24.2 Å². The minimum absolute atomic E-state index is 0.0585.